The summed E-state index contributed by atoms with van der Waals surface area (Å²) in [5, 5.41) is 4.39. The molecule has 0 atom stereocenters. The maximum atomic E-state index is 5.62. The molecule has 4 rings (SSSR count). The van der Waals surface area contributed by atoms with Gasteiger partial charge in [0, 0.05) is 5.56 Å². The fourth-order valence-electron chi connectivity index (χ4n) is 3.22. The Morgan fingerprint density at radius 2 is 1.88 bits per heavy atom. The molecular formula is C20H21NO4. The zero-order valence-corrected chi connectivity index (χ0v) is 14.3. The Kier molecular flexibility index (Phi) is 4.46. The normalized spacial score (nSPS) is 17.1. The summed E-state index contributed by atoms with van der Waals surface area (Å²) in [6.07, 6.45) is 3.06. The van der Waals surface area contributed by atoms with E-state index < -0.39 is 0 Å². The first-order chi connectivity index (χ1) is 12.3. The molecule has 0 radical (unpaired) electrons. The molecule has 1 aliphatic heterocycles. The smallest absolute Gasteiger partial charge is 0.161 e. The molecule has 2 aromatic carbocycles. The van der Waals surface area contributed by atoms with Crippen LogP contribution in [0.4, 0.5) is 0 Å². The molecular weight excluding hydrogens is 318 g/mol. The van der Waals surface area contributed by atoms with Gasteiger partial charge in [0.25, 0.3) is 0 Å². The van der Waals surface area contributed by atoms with E-state index in [9.17, 15) is 0 Å². The van der Waals surface area contributed by atoms with E-state index in [2.05, 4.69) is 17.3 Å². The Morgan fingerprint density at radius 1 is 1.00 bits per heavy atom. The van der Waals surface area contributed by atoms with Crippen LogP contribution in [0.1, 0.15) is 29.5 Å². The van der Waals surface area contributed by atoms with Gasteiger partial charge in [-0.2, -0.15) is 0 Å². The Labute approximate surface area is 147 Å². The van der Waals surface area contributed by atoms with E-state index in [1.54, 1.807) is 7.11 Å². The molecule has 0 saturated heterocycles. The van der Waals surface area contributed by atoms with Crippen LogP contribution in [-0.4, -0.2) is 26.0 Å². The van der Waals surface area contributed by atoms with Gasteiger partial charge in [-0.1, -0.05) is 11.2 Å². The summed E-state index contributed by atoms with van der Waals surface area (Å²) in [6, 6.07) is 12.0. The van der Waals surface area contributed by atoms with Crippen molar-refractivity contribution in [3.8, 4) is 17.2 Å². The molecule has 0 spiro atoms. The Balaban J connectivity index is 1.46. The third-order valence-electron chi connectivity index (χ3n) is 4.50. The minimum atomic E-state index is 0.408. The van der Waals surface area contributed by atoms with E-state index in [4.69, 9.17) is 19.0 Å². The van der Waals surface area contributed by atoms with Gasteiger partial charge >= 0.3 is 0 Å². The predicted octanol–water partition coefficient (Wildman–Crippen LogP) is 3.72. The topological polar surface area (TPSA) is 49.3 Å². The van der Waals surface area contributed by atoms with Crippen LogP contribution in [-0.2, 0) is 17.9 Å². The van der Waals surface area contributed by atoms with Crippen LogP contribution >= 0.6 is 0 Å². The van der Waals surface area contributed by atoms with Gasteiger partial charge in [0.05, 0.1) is 12.8 Å². The van der Waals surface area contributed by atoms with Crippen LogP contribution < -0.4 is 14.2 Å². The lowest BCUT2D eigenvalue weighted by molar-refractivity contribution is 0.128. The number of hydrogen-bond acceptors (Lipinski definition) is 5. The second kappa shape index (κ2) is 7.05. The van der Waals surface area contributed by atoms with Gasteiger partial charge in [-0.3, -0.25) is 0 Å². The molecule has 0 unspecified atom stereocenters. The Hall–Kier alpha value is -2.69. The van der Waals surface area contributed by atoms with Crippen LogP contribution in [0, 0.1) is 0 Å². The molecule has 2 aliphatic rings. The van der Waals surface area contributed by atoms with Gasteiger partial charge in [0.15, 0.2) is 11.5 Å². The fourth-order valence-corrected chi connectivity index (χ4v) is 3.22. The van der Waals surface area contributed by atoms with E-state index in [-0.39, 0.29) is 0 Å². The molecule has 0 bridgehead atoms. The van der Waals surface area contributed by atoms with E-state index in [0.29, 0.717) is 19.8 Å². The molecule has 130 valence electrons. The second-order valence-electron chi connectivity index (χ2n) is 6.17. The van der Waals surface area contributed by atoms with Gasteiger partial charge in [0.2, 0.25) is 0 Å². The minimum absolute atomic E-state index is 0.408. The third-order valence-corrected chi connectivity index (χ3v) is 4.50. The van der Waals surface area contributed by atoms with Crippen molar-refractivity contribution in [3.05, 3.63) is 53.1 Å². The summed E-state index contributed by atoms with van der Waals surface area (Å²) < 4.78 is 16.4. The number of nitrogens with zero attached hydrogens (tertiary/aromatic N) is 1. The van der Waals surface area contributed by atoms with Crippen molar-refractivity contribution in [1.29, 1.82) is 0 Å². The summed E-state index contributed by atoms with van der Waals surface area (Å²) in [7, 11) is 1.69. The zero-order valence-electron chi connectivity index (χ0n) is 14.3. The lowest BCUT2D eigenvalue weighted by Crippen LogP contribution is -2.15. The first-order valence-corrected chi connectivity index (χ1v) is 8.58. The monoisotopic (exact) mass is 339 g/mol. The van der Waals surface area contributed by atoms with Gasteiger partial charge in [-0.25, -0.2) is 0 Å². The molecule has 0 saturated carbocycles. The molecule has 5 heteroatoms. The molecule has 1 aliphatic carbocycles. The summed E-state index contributed by atoms with van der Waals surface area (Å²) in [5.41, 5.74) is 4.45. The predicted molar refractivity (Wildman–Crippen MR) is 94.7 cm³/mol. The zero-order chi connectivity index (χ0) is 17.1. The van der Waals surface area contributed by atoms with Crippen molar-refractivity contribution in [2.45, 2.75) is 25.9 Å². The van der Waals surface area contributed by atoms with Crippen molar-refractivity contribution in [2.24, 2.45) is 5.16 Å². The summed E-state index contributed by atoms with van der Waals surface area (Å²) >= 11 is 0. The largest absolute Gasteiger partial charge is 0.497 e. The molecule has 25 heavy (non-hydrogen) atoms. The molecule has 5 nitrogen and oxygen atoms in total. The maximum Gasteiger partial charge on any atom is 0.161 e. The minimum Gasteiger partial charge on any atom is -0.497 e. The number of oxime groups is 1. The number of hydrogen-bond donors (Lipinski definition) is 0. The average Bonchev–Trinajstić information content (AvgIpc) is 2.67. The van der Waals surface area contributed by atoms with Crippen molar-refractivity contribution in [3.63, 3.8) is 0 Å². The van der Waals surface area contributed by atoms with Gasteiger partial charge in [0.1, 0.15) is 25.6 Å². The van der Waals surface area contributed by atoms with Gasteiger partial charge < -0.3 is 19.0 Å². The molecule has 2 aromatic rings. The molecule has 0 fully saturated rings. The fraction of sp³-hybridized carbons (Fsp3) is 0.350. The van der Waals surface area contributed by atoms with E-state index in [1.165, 1.54) is 5.56 Å². The number of methoxy groups -OCH3 is 1. The lowest BCUT2D eigenvalue weighted by Gasteiger charge is -2.19. The molecule has 0 N–H and O–H groups in total. The third kappa shape index (κ3) is 3.40. The van der Waals surface area contributed by atoms with Crippen molar-refractivity contribution < 1.29 is 19.0 Å². The van der Waals surface area contributed by atoms with Crippen molar-refractivity contribution in [2.75, 3.05) is 20.3 Å². The van der Waals surface area contributed by atoms with Crippen molar-refractivity contribution >= 4 is 5.71 Å². The number of fused-ring (bicyclic) bond motifs is 2. The van der Waals surface area contributed by atoms with Gasteiger partial charge in [-0.05, 0) is 60.7 Å². The van der Waals surface area contributed by atoms with Crippen LogP contribution in [0.3, 0.4) is 0 Å². The summed E-state index contributed by atoms with van der Waals surface area (Å²) in [6.45, 7) is 1.59. The maximum absolute atomic E-state index is 5.62. The standard InChI is InChI=1S/C20H21NO4/c1-22-16-6-7-17-15(12-16)3-2-4-18(17)21-25-13-14-5-8-19-20(11-14)24-10-9-23-19/h5-8,11-12H,2-4,9-10,13H2,1H3. The first-order valence-electron chi connectivity index (χ1n) is 8.58. The highest BCUT2D eigenvalue weighted by Crippen LogP contribution is 2.31. The van der Waals surface area contributed by atoms with E-state index in [1.807, 2.05) is 24.3 Å². The quantitative estimate of drug-likeness (QED) is 0.797. The van der Waals surface area contributed by atoms with Crippen LogP contribution in [0.5, 0.6) is 17.2 Å². The van der Waals surface area contributed by atoms with Gasteiger partial charge in [-0.15, -0.1) is 0 Å². The highest BCUT2D eigenvalue weighted by atomic mass is 16.6. The van der Waals surface area contributed by atoms with Crippen LogP contribution in [0.2, 0.25) is 0 Å². The molecule has 0 amide bonds. The first kappa shape index (κ1) is 15.8. The summed E-state index contributed by atoms with van der Waals surface area (Å²) in [4.78, 5) is 5.62. The summed E-state index contributed by atoms with van der Waals surface area (Å²) in [5.74, 6) is 2.45. The SMILES string of the molecule is COc1ccc2c(c1)CCCC2=NOCc1ccc2c(c1)OCCO2. The molecule has 1 heterocycles. The van der Waals surface area contributed by atoms with Crippen molar-refractivity contribution in [1.82, 2.24) is 0 Å². The Morgan fingerprint density at radius 3 is 2.76 bits per heavy atom. The van der Waals surface area contributed by atoms with Crippen LogP contribution in [0.15, 0.2) is 41.6 Å². The van der Waals surface area contributed by atoms with E-state index >= 15 is 0 Å². The number of benzene rings is 2. The highest BCUT2D eigenvalue weighted by molar-refractivity contribution is 6.02. The number of rotatable bonds is 4. The number of aryl methyl sites for hydroxylation is 1. The van der Waals surface area contributed by atoms with E-state index in [0.717, 1.165) is 53.3 Å². The number of ether oxygens (including phenoxy) is 3. The highest BCUT2D eigenvalue weighted by Gasteiger charge is 2.17. The molecule has 0 aromatic heterocycles. The lowest BCUT2D eigenvalue weighted by atomic mass is 9.90. The second-order valence-corrected chi connectivity index (χ2v) is 6.17. The average molecular weight is 339 g/mol. The Bertz CT molecular complexity index is 800. The van der Waals surface area contributed by atoms with Crippen LogP contribution in [0.25, 0.3) is 0 Å².